The molecule has 0 aromatic heterocycles. The molecule has 1 unspecified atom stereocenters. The third-order valence-corrected chi connectivity index (χ3v) is 3.58. The van der Waals surface area contributed by atoms with Gasteiger partial charge in [-0.25, -0.2) is 0 Å². The molecule has 0 saturated carbocycles. The van der Waals surface area contributed by atoms with Gasteiger partial charge >= 0.3 is 0 Å². The minimum atomic E-state index is -0.142. The van der Waals surface area contributed by atoms with Crippen LogP contribution in [0.15, 0.2) is 54.6 Å². The molecule has 2 aromatic carbocycles. The Labute approximate surface area is 143 Å². The van der Waals surface area contributed by atoms with Gasteiger partial charge in [0.25, 0.3) is 0 Å². The predicted molar refractivity (Wildman–Crippen MR) is 98.7 cm³/mol. The maximum Gasteiger partial charge on any atom is 0.244 e. The van der Waals surface area contributed by atoms with E-state index in [1.54, 1.807) is 12.1 Å². The van der Waals surface area contributed by atoms with E-state index in [4.69, 9.17) is 10.5 Å². The second-order valence-corrected chi connectivity index (χ2v) is 5.62. The van der Waals surface area contributed by atoms with Crippen molar-refractivity contribution in [2.75, 3.05) is 12.3 Å². The Morgan fingerprint density at radius 1 is 1.25 bits per heavy atom. The summed E-state index contributed by atoms with van der Waals surface area (Å²) in [5.41, 5.74) is 8.47. The summed E-state index contributed by atoms with van der Waals surface area (Å²) in [6.45, 7) is 4.64. The third kappa shape index (κ3) is 5.16. The van der Waals surface area contributed by atoms with Gasteiger partial charge in [0.15, 0.2) is 0 Å². The highest BCUT2D eigenvalue weighted by Gasteiger charge is 2.06. The van der Waals surface area contributed by atoms with Crippen LogP contribution in [0.25, 0.3) is 6.08 Å². The van der Waals surface area contributed by atoms with Gasteiger partial charge < -0.3 is 15.8 Å². The highest BCUT2D eigenvalue weighted by Crippen LogP contribution is 2.23. The van der Waals surface area contributed by atoms with Gasteiger partial charge in [0, 0.05) is 6.08 Å². The van der Waals surface area contributed by atoms with E-state index in [9.17, 15) is 4.79 Å². The summed E-state index contributed by atoms with van der Waals surface area (Å²) in [6, 6.07) is 15.3. The average Bonchev–Trinajstić information content (AvgIpc) is 2.60. The van der Waals surface area contributed by atoms with E-state index in [0.29, 0.717) is 18.0 Å². The quantitative estimate of drug-likeness (QED) is 0.599. The summed E-state index contributed by atoms with van der Waals surface area (Å²) in [7, 11) is 0. The lowest BCUT2D eigenvalue weighted by Crippen LogP contribution is -2.24. The van der Waals surface area contributed by atoms with Gasteiger partial charge in [-0.15, -0.1) is 0 Å². The largest absolute Gasteiger partial charge is 0.491 e. The summed E-state index contributed by atoms with van der Waals surface area (Å²) in [5.74, 6) is 0.535. The number of rotatable bonds is 7. The molecule has 4 nitrogen and oxygen atoms in total. The molecule has 24 heavy (non-hydrogen) atoms. The van der Waals surface area contributed by atoms with E-state index >= 15 is 0 Å². The van der Waals surface area contributed by atoms with E-state index in [2.05, 4.69) is 5.32 Å². The number of amides is 1. The SMILES string of the molecule is CCCOc1ccc(/C=C\C(=O)NC(C)c2ccccc2)cc1N. The zero-order valence-corrected chi connectivity index (χ0v) is 14.2. The number of nitrogen functional groups attached to an aromatic ring is 1. The first-order valence-electron chi connectivity index (χ1n) is 8.16. The molecule has 0 fully saturated rings. The van der Waals surface area contributed by atoms with Crippen molar-refractivity contribution in [1.29, 1.82) is 0 Å². The van der Waals surface area contributed by atoms with Crippen molar-refractivity contribution < 1.29 is 9.53 Å². The molecule has 0 saturated heterocycles. The number of anilines is 1. The van der Waals surface area contributed by atoms with E-state index < -0.39 is 0 Å². The Morgan fingerprint density at radius 2 is 2.00 bits per heavy atom. The van der Waals surface area contributed by atoms with Gasteiger partial charge in [-0.2, -0.15) is 0 Å². The Bertz CT molecular complexity index is 696. The maximum absolute atomic E-state index is 12.0. The average molecular weight is 324 g/mol. The Kier molecular flexibility index (Phi) is 6.43. The molecule has 0 spiro atoms. The molecule has 3 N–H and O–H groups in total. The fourth-order valence-electron chi connectivity index (χ4n) is 2.27. The zero-order valence-electron chi connectivity index (χ0n) is 14.2. The van der Waals surface area contributed by atoms with Crippen molar-refractivity contribution in [2.45, 2.75) is 26.3 Å². The van der Waals surface area contributed by atoms with Gasteiger partial charge in [-0.05, 0) is 42.7 Å². The maximum atomic E-state index is 12.0. The van der Waals surface area contributed by atoms with E-state index in [0.717, 1.165) is 17.5 Å². The Morgan fingerprint density at radius 3 is 2.67 bits per heavy atom. The Hall–Kier alpha value is -2.75. The molecule has 1 atom stereocenters. The topological polar surface area (TPSA) is 64.3 Å². The highest BCUT2D eigenvalue weighted by molar-refractivity contribution is 5.92. The minimum absolute atomic E-state index is 0.0433. The Balaban J connectivity index is 1.95. The van der Waals surface area contributed by atoms with Crippen molar-refractivity contribution in [2.24, 2.45) is 0 Å². The lowest BCUT2D eigenvalue weighted by molar-refractivity contribution is -0.117. The van der Waals surface area contributed by atoms with Gasteiger partial charge in [-0.3, -0.25) is 4.79 Å². The van der Waals surface area contributed by atoms with E-state index in [1.807, 2.05) is 56.3 Å². The zero-order chi connectivity index (χ0) is 17.4. The molecule has 1 amide bonds. The van der Waals surface area contributed by atoms with Crippen LogP contribution in [0.4, 0.5) is 5.69 Å². The fourth-order valence-corrected chi connectivity index (χ4v) is 2.27. The smallest absolute Gasteiger partial charge is 0.244 e. The summed E-state index contributed by atoms with van der Waals surface area (Å²) < 4.78 is 5.54. The molecule has 0 aliphatic heterocycles. The van der Waals surface area contributed by atoms with Crippen molar-refractivity contribution >= 4 is 17.7 Å². The standard InChI is InChI=1S/C20H24N2O2/c1-3-13-24-19-11-9-16(14-18(19)21)10-12-20(23)22-15(2)17-7-5-4-6-8-17/h4-12,14-15H,3,13,21H2,1-2H3,(H,22,23)/b12-10-. The van der Waals surface area contributed by atoms with Crippen LogP contribution in [-0.2, 0) is 4.79 Å². The number of carbonyl (C=O) groups is 1. The third-order valence-electron chi connectivity index (χ3n) is 3.58. The van der Waals surface area contributed by atoms with Crippen molar-refractivity contribution in [1.82, 2.24) is 5.32 Å². The van der Waals surface area contributed by atoms with Crippen LogP contribution in [-0.4, -0.2) is 12.5 Å². The number of hydrogen-bond acceptors (Lipinski definition) is 3. The lowest BCUT2D eigenvalue weighted by atomic mass is 10.1. The number of nitrogens with two attached hydrogens (primary N) is 1. The van der Waals surface area contributed by atoms with Crippen molar-refractivity contribution in [3.05, 3.63) is 65.7 Å². The van der Waals surface area contributed by atoms with E-state index in [-0.39, 0.29) is 11.9 Å². The second kappa shape index (κ2) is 8.77. The highest BCUT2D eigenvalue weighted by atomic mass is 16.5. The lowest BCUT2D eigenvalue weighted by Gasteiger charge is -2.12. The summed E-state index contributed by atoms with van der Waals surface area (Å²) >= 11 is 0. The molecule has 0 radical (unpaired) electrons. The molecular formula is C20H24N2O2. The molecule has 0 aliphatic carbocycles. The van der Waals surface area contributed by atoms with Crippen LogP contribution in [0.1, 0.15) is 37.4 Å². The number of carbonyl (C=O) groups excluding carboxylic acids is 1. The first-order valence-corrected chi connectivity index (χ1v) is 8.16. The number of ether oxygens (including phenoxy) is 1. The molecule has 0 aliphatic rings. The summed E-state index contributed by atoms with van der Waals surface area (Å²) in [6.07, 6.45) is 4.19. The fraction of sp³-hybridized carbons (Fsp3) is 0.250. The first-order chi connectivity index (χ1) is 11.6. The normalized spacial score (nSPS) is 12.1. The van der Waals surface area contributed by atoms with Crippen LogP contribution in [0.3, 0.4) is 0 Å². The van der Waals surface area contributed by atoms with Crippen LogP contribution < -0.4 is 15.8 Å². The number of nitrogens with one attached hydrogen (secondary N) is 1. The number of hydrogen-bond donors (Lipinski definition) is 2. The minimum Gasteiger partial charge on any atom is -0.491 e. The molecule has 4 heteroatoms. The van der Waals surface area contributed by atoms with Gasteiger partial charge in [0.1, 0.15) is 5.75 Å². The summed E-state index contributed by atoms with van der Waals surface area (Å²) in [4.78, 5) is 12.0. The first kappa shape index (κ1) is 17.6. The van der Waals surface area contributed by atoms with Gasteiger partial charge in [-0.1, -0.05) is 43.3 Å². The molecular weight excluding hydrogens is 300 g/mol. The van der Waals surface area contributed by atoms with Gasteiger partial charge in [0.05, 0.1) is 18.3 Å². The van der Waals surface area contributed by atoms with Crippen LogP contribution in [0.2, 0.25) is 0 Å². The monoisotopic (exact) mass is 324 g/mol. The second-order valence-electron chi connectivity index (χ2n) is 5.62. The molecule has 0 bridgehead atoms. The van der Waals surface area contributed by atoms with Crippen LogP contribution in [0.5, 0.6) is 5.75 Å². The van der Waals surface area contributed by atoms with Gasteiger partial charge in [0.2, 0.25) is 5.91 Å². The van der Waals surface area contributed by atoms with Crippen molar-refractivity contribution in [3.8, 4) is 5.75 Å². The summed E-state index contributed by atoms with van der Waals surface area (Å²) in [5, 5.41) is 2.94. The van der Waals surface area contributed by atoms with E-state index in [1.165, 1.54) is 6.08 Å². The molecule has 2 aromatic rings. The van der Waals surface area contributed by atoms with Crippen molar-refractivity contribution in [3.63, 3.8) is 0 Å². The predicted octanol–water partition coefficient (Wildman–Crippen LogP) is 3.95. The van der Waals surface area contributed by atoms with Crippen LogP contribution >= 0.6 is 0 Å². The van der Waals surface area contributed by atoms with Crippen LogP contribution in [0, 0.1) is 0 Å². The molecule has 126 valence electrons. The molecule has 2 rings (SSSR count). The number of benzene rings is 2. The molecule has 0 heterocycles.